The Labute approximate surface area is 126 Å². The molecule has 2 aromatic rings. The van der Waals surface area contributed by atoms with Crippen molar-refractivity contribution in [3.05, 3.63) is 65.7 Å². The van der Waals surface area contributed by atoms with Crippen LogP contribution in [0, 0.1) is 0 Å². The normalized spacial score (nSPS) is 15.4. The molecule has 0 bridgehead atoms. The quantitative estimate of drug-likeness (QED) is 0.829. The summed E-state index contributed by atoms with van der Waals surface area (Å²) >= 11 is 0. The summed E-state index contributed by atoms with van der Waals surface area (Å²) in [5, 5.41) is 4.08. The third-order valence-corrected chi connectivity index (χ3v) is 5.44. The highest BCUT2D eigenvalue weighted by molar-refractivity contribution is 7.66. The lowest BCUT2D eigenvalue weighted by molar-refractivity contribution is 0.345. The lowest BCUT2D eigenvalue weighted by Gasteiger charge is -2.20. The maximum Gasteiger partial charge on any atom is 0.229 e. The van der Waals surface area contributed by atoms with Crippen LogP contribution in [-0.2, 0) is 9.09 Å². The van der Waals surface area contributed by atoms with Crippen LogP contribution in [-0.4, -0.2) is 20.3 Å². The van der Waals surface area contributed by atoms with Gasteiger partial charge in [-0.25, -0.2) is 0 Å². The maximum atomic E-state index is 12.6. The molecule has 2 aromatic carbocycles. The Hall–Kier alpha value is -1.41. The van der Waals surface area contributed by atoms with Crippen molar-refractivity contribution < 1.29 is 9.09 Å². The Morgan fingerprint density at radius 3 is 2.38 bits per heavy atom. The molecule has 0 spiro atoms. The summed E-state index contributed by atoms with van der Waals surface area (Å²) in [4.78, 5) is 0. The van der Waals surface area contributed by atoms with Crippen molar-refractivity contribution >= 4 is 12.7 Å². The van der Waals surface area contributed by atoms with Crippen LogP contribution >= 0.6 is 7.37 Å². The number of hydrogen-bond donors (Lipinski definition) is 1. The Morgan fingerprint density at radius 2 is 1.76 bits per heavy atom. The number of rotatable bonds is 6. The van der Waals surface area contributed by atoms with E-state index in [4.69, 9.17) is 4.52 Å². The van der Waals surface area contributed by atoms with E-state index in [-0.39, 0.29) is 6.04 Å². The monoisotopic (exact) mass is 303 g/mol. The van der Waals surface area contributed by atoms with Crippen LogP contribution in [0.3, 0.4) is 0 Å². The number of nitrogens with one attached hydrogen (secondary N) is 1. The van der Waals surface area contributed by atoms with Gasteiger partial charge in [0.15, 0.2) is 0 Å². The average Bonchev–Trinajstić information content (AvgIpc) is 2.49. The van der Waals surface area contributed by atoms with Crippen molar-refractivity contribution in [3.63, 3.8) is 0 Å². The summed E-state index contributed by atoms with van der Waals surface area (Å²) in [6.45, 7) is 3.99. The maximum absolute atomic E-state index is 12.6. The smallest absolute Gasteiger partial charge is 0.229 e. The van der Waals surface area contributed by atoms with Crippen molar-refractivity contribution in [3.8, 4) is 0 Å². The van der Waals surface area contributed by atoms with Crippen LogP contribution in [0.1, 0.15) is 24.1 Å². The molecule has 0 saturated carbocycles. The zero-order chi connectivity index (χ0) is 15.3. The topological polar surface area (TPSA) is 38.3 Å². The summed E-state index contributed by atoms with van der Waals surface area (Å²) in [7, 11) is -0.812. The minimum atomic E-state index is -2.74. The van der Waals surface area contributed by atoms with E-state index < -0.39 is 7.37 Å². The lowest BCUT2D eigenvalue weighted by Crippen LogP contribution is -2.19. The summed E-state index contributed by atoms with van der Waals surface area (Å²) in [6, 6.07) is 18.1. The van der Waals surface area contributed by atoms with Crippen molar-refractivity contribution in [1.29, 1.82) is 0 Å². The highest BCUT2D eigenvalue weighted by atomic mass is 31.2. The van der Waals surface area contributed by atoms with Crippen LogP contribution in [0.2, 0.25) is 0 Å². The molecule has 0 fully saturated rings. The average molecular weight is 303 g/mol. The molecule has 112 valence electrons. The first-order valence-electron chi connectivity index (χ1n) is 7.13. The first-order chi connectivity index (χ1) is 10.1. The van der Waals surface area contributed by atoms with Crippen LogP contribution in [0.4, 0.5) is 0 Å². The molecule has 21 heavy (non-hydrogen) atoms. The highest BCUT2D eigenvalue weighted by Crippen LogP contribution is 2.41. The molecule has 0 aliphatic carbocycles. The van der Waals surface area contributed by atoms with Gasteiger partial charge in [-0.15, -0.1) is 0 Å². The van der Waals surface area contributed by atoms with Crippen molar-refractivity contribution in [2.45, 2.75) is 13.0 Å². The molecular weight excluding hydrogens is 281 g/mol. The van der Waals surface area contributed by atoms with Crippen LogP contribution in [0.15, 0.2) is 54.6 Å². The summed E-state index contributed by atoms with van der Waals surface area (Å²) in [5.41, 5.74) is 2.27. The molecule has 2 rings (SSSR count). The largest absolute Gasteiger partial charge is 0.326 e. The van der Waals surface area contributed by atoms with E-state index >= 15 is 0 Å². The predicted octanol–water partition coefficient (Wildman–Crippen LogP) is 3.57. The van der Waals surface area contributed by atoms with E-state index in [1.807, 2.05) is 56.4 Å². The third kappa shape index (κ3) is 3.82. The highest BCUT2D eigenvalue weighted by Gasteiger charge is 2.20. The molecule has 0 aliphatic rings. The van der Waals surface area contributed by atoms with Gasteiger partial charge in [0.2, 0.25) is 7.37 Å². The van der Waals surface area contributed by atoms with Gasteiger partial charge in [-0.3, -0.25) is 4.57 Å². The lowest BCUT2D eigenvalue weighted by atomic mass is 9.99. The van der Waals surface area contributed by atoms with Crippen molar-refractivity contribution in [1.82, 2.24) is 5.32 Å². The molecule has 0 saturated heterocycles. The molecular formula is C17H22NO2P. The van der Waals surface area contributed by atoms with E-state index in [1.54, 1.807) is 6.66 Å². The number of benzene rings is 2. The molecule has 0 amide bonds. The van der Waals surface area contributed by atoms with Gasteiger partial charge in [-0.1, -0.05) is 42.5 Å². The van der Waals surface area contributed by atoms with E-state index in [0.717, 1.165) is 10.9 Å². The molecule has 0 radical (unpaired) electrons. The molecule has 1 unspecified atom stereocenters. The minimum Gasteiger partial charge on any atom is -0.326 e. The van der Waals surface area contributed by atoms with Gasteiger partial charge in [0.25, 0.3) is 0 Å². The Bertz CT molecular complexity index is 628. The van der Waals surface area contributed by atoms with E-state index in [0.29, 0.717) is 6.61 Å². The second-order valence-electron chi connectivity index (χ2n) is 4.99. The molecule has 0 aliphatic heterocycles. The van der Waals surface area contributed by atoms with E-state index in [1.165, 1.54) is 5.56 Å². The minimum absolute atomic E-state index is 0.0766. The van der Waals surface area contributed by atoms with Gasteiger partial charge in [0.05, 0.1) is 12.6 Å². The van der Waals surface area contributed by atoms with Crippen molar-refractivity contribution in [2.75, 3.05) is 20.3 Å². The van der Waals surface area contributed by atoms with Gasteiger partial charge in [0, 0.05) is 12.0 Å². The zero-order valence-corrected chi connectivity index (χ0v) is 13.6. The third-order valence-electron chi connectivity index (χ3n) is 3.47. The number of hydrogen-bond acceptors (Lipinski definition) is 3. The fourth-order valence-electron chi connectivity index (χ4n) is 2.45. The summed E-state index contributed by atoms with van der Waals surface area (Å²) < 4.78 is 18.0. The zero-order valence-electron chi connectivity index (χ0n) is 12.7. The molecule has 4 heteroatoms. The van der Waals surface area contributed by atoms with E-state index in [9.17, 15) is 4.57 Å². The molecule has 1 N–H and O–H groups in total. The fourth-order valence-corrected chi connectivity index (χ4v) is 3.83. The van der Waals surface area contributed by atoms with Gasteiger partial charge >= 0.3 is 0 Å². The summed E-state index contributed by atoms with van der Waals surface area (Å²) in [6.07, 6.45) is 0. The summed E-state index contributed by atoms with van der Waals surface area (Å²) in [5.74, 6) is 0. The van der Waals surface area contributed by atoms with Crippen LogP contribution in [0.25, 0.3) is 0 Å². The van der Waals surface area contributed by atoms with Crippen LogP contribution in [0.5, 0.6) is 0 Å². The van der Waals surface area contributed by atoms with Crippen LogP contribution < -0.4 is 10.6 Å². The fraction of sp³-hybridized carbons (Fsp3) is 0.294. The molecule has 2 atom stereocenters. The Morgan fingerprint density at radius 1 is 1.10 bits per heavy atom. The van der Waals surface area contributed by atoms with E-state index in [2.05, 4.69) is 17.4 Å². The first-order valence-corrected chi connectivity index (χ1v) is 9.20. The second kappa shape index (κ2) is 7.04. The SMILES string of the molecule is CCOP(C)(=O)c1cccc([C@H](NC)c2ccccc2)c1. The molecule has 0 heterocycles. The van der Waals surface area contributed by atoms with Crippen molar-refractivity contribution in [2.24, 2.45) is 0 Å². The Balaban J connectivity index is 2.38. The van der Waals surface area contributed by atoms with Gasteiger partial charge in [-0.05, 0) is 37.2 Å². The van der Waals surface area contributed by atoms with Gasteiger partial charge in [-0.2, -0.15) is 0 Å². The standard InChI is InChI=1S/C17H22NO2P/c1-4-20-21(3,19)16-12-8-11-15(13-16)17(18-2)14-9-6-5-7-10-14/h5-13,17-18H,4H2,1-3H3/t17-,21?/m1/s1. The second-order valence-corrected chi connectivity index (χ2v) is 7.46. The Kier molecular flexibility index (Phi) is 5.35. The van der Waals surface area contributed by atoms with Gasteiger partial charge in [0.1, 0.15) is 0 Å². The van der Waals surface area contributed by atoms with Gasteiger partial charge < -0.3 is 9.84 Å². The molecule has 3 nitrogen and oxygen atoms in total. The predicted molar refractivity (Wildman–Crippen MR) is 88.6 cm³/mol. The molecule has 0 aromatic heterocycles. The first kappa shape index (κ1) is 16.0.